The fourth-order valence-electron chi connectivity index (χ4n) is 1.56. The summed E-state index contributed by atoms with van der Waals surface area (Å²) in [4.78, 5) is 2.58. The lowest BCUT2D eigenvalue weighted by Gasteiger charge is -2.38. The SMILES string of the molecule is CC.CC.CC(C)(C)N1CCCCC1.[B]. The Morgan fingerprint density at radius 1 is 0.733 bits per heavy atom. The van der Waals surface area contributed by atoms with Gasteiger partial charge in [0.1, 0.15) is 0 Å². The molecule has 0 aromatic carbocycles. The highest BCUT2D eigenvalue weighted by atomic mass is 15.2. The normalized spacial score (nSPS) is 16.2. The molecule has 1 aliphatic rings. The Morgan fingerprint density at radius 3 is 1.27 bits per heavy atom. The Balaban J connectivity index is -0.000000258. The number of likely N-dealkylation sites (tertiary alicyclic amines) is 1. The second-order valence-corrected chi connectivity index (χ2v) is 4.22. The molecule has 1 aliphatic heterocycles. The molecule has 0 aliphatic carbocycles. The summed E-state index contributed by atoms with van der Waals surface area (Å²) >= 11 is 0. The van der Waals surface area contributed by atoms with Crippen LogP contribution in [-0.4, -0.2) is 31.9 Å². The highest BCUT2D eigenvalue weighted by Crippen LogP contribution is 2.18. The van der Waals surface area contributed by atoms with Crippen molar-refractivity contribution in [2.45, 2.75) is 73.3 Å². The van der Waals surface area contributed by atoms with Crippen molar-refractivity contribution >= 4 is 8.41 Å². The minimum absolute atomic E-state index is 0. The summed E-state index contributed by atoms with van der Waals surface area (Å²) in [6.07, 6.45) is 4.24. The van der Waals surface area contributed by atoms with E-state index >= 15 is 0 Å². The van der Waals surface area contributed by atoms with E-state index in [0.717, 1.165) is 0 Å². The van der Waals surface area contributed by atoms with Crippen molar-refractivity contribution in [3.63, 3.8) is 0 Å². The number of nitrogens with zero attached hydrogens (tertiary/aromatic N) is 1. The molecule has 1 saturated heterocycles. The lowest BCUT2D eigenvalue weighted by molar-refractivity contribution is 0.111. The third-order valence-corrected chi connectivity index (χ3v) is 2.30. The van der Waals surface area contributed by atoms with Gasteiger partial charge in [-0.05, 0) is 46.7 Å². The number of rotatable bonds is 0. The van der Waals surface area contributed by atoms with Crippen LogP contribution in [0.1, 0.15) is 67.7 Å². The summed E-state index contributed by atoms with van der Waals surface area (Å²) in [6.45, 7) is 17.5. The molecule has 15 heavy (non-hydrogen) atoms. The minimum Gasteiger partial charge on any atom is -0.298 e. The van der Waals surface area contributed by atoms with E-state index in [4.69, 9.17) is 0 Å². The van der Waals surface area contributed by atoms with Crippen LogP contribution in [0.2, 0.25) is 0 Å². The summed E-state index contributed by atoms with van der Waals surface area (Å²) in [6, 6.07) is 0. The Morgan fingerprint density at radius 2 is 1.07 bits per heavy atom. The van der Waals surface area contributed by atoms with Gasteiger partial charge in [-0.2, -0.15) is 0 Å². The molecule has 0 unspecified atom stereocenters. The predicted octanol–water partition coefficient (Wildman–Crippen LogP) is 3.94. The van der Waals surface area contributed by atoms with Crippen LogP contribution in [0.15, 0.2) is 0 Å². The van der Waals surface area contributed by atoms with E-state index in [1.807, 2.05) is 27.7 Å². The standard InChI is InChI=1S/C9H19N.2C2H6.B/c1-9(2,3)10-7-5-4-6-8-10;2*1-2;/h4-8H2,1-3H3;2*1-2H3;. The fraction of sp³-hybridized carbons (Fsp3) is 1.00. The first-order chi connectivity index (χ1) is 6.61. The van der Waals surface area contributed by atoms with Crippen LogP contribution in [-0.2, 0) is 0 Å². The second-order valence-electron chi connectivity index (χ2n) is 4.22. The zero-order valence-corrected chi connectivity index (χ0v) is 12.1. The number of hydrogen-bond donors (Lipinski definition) is 0. The van der Waals surface area contributed by atoms with Crippen molar-refractivity contribution < 1.29 is 0 Å². The van der Waals surface area contributed by atoms with Crippen LogP contribution in [0.5, 0.6) is 0 Å². The zero-order chi connectivity index (χ0) is 11.6. The van der Waals surface area contributed by atoms with Crippen molar-refractivity contribution in [2.24, 2.45) is 0 Å². The molecule has 0 saturated carbocycles. The Hall–Kier alpha value is 0.0249. The first-order valence-electron chi connectivity index (χ1n) is 6.36. The van der Waals surface area contributed by atoms with Crippen molar-refractivity contribution in [1.29, 1.82) is 0 Å². The van der Waals surface area contributed by atoms with Gasteiger partial charge in [0.2, 0.25) is 0 Å². The summed E-state index contributed by atoms with van der Waals surface area (Å²) in [5, 5.41) is 0. The molecule has 1 fully saturated rings. The van der Waals surface area contributed by atoms with Crippen LogP contribution < -0.4 is 0 Å². The molecule has 1 rings (SSSR count). The van der Waals surface area contributed by atoms with Crippen molar-refractivity contribution in [1.82, 2.24) is 4.90 Å². The third-order valence-electron chi connectivity index (χ3n) is 2.30. The second kappa shape index (κ2) is 12.1. The smallest absolute Gasteiger partial charge is 0.0125 e. The van der Waals surface area contributed by atoms with E-state index in [1.54, 1.807) is 0 Å². The summed E-state index contributed by atoms with van der Waals surface area (Å²) < 4.78 is 0. The van der Waals surface area contributed by atoms with Gasteiger partial charge in [-0.3, -0.25) is 4.90 Å². The zero-order valence-electron chi connectivity index (χ0n) is 12.1. The Labute approximate surface area is 100 Å². The van der Waals surface area contributed by atoms with Gasteiger partial charge in [0.05, 0.1) is 0 Å². The van der Waals surface area contributed by atoms with Gasteiger partial charge in [0, 0.05) is 14.0 Å². The molecular weight excluding hydrogens is 181 g/mol. The molecule has 0 aromatic rings. The van der Waals surface area contributed by atoms with Crippen LogP contribution in [0.4, 0.5) is 0 Å². The van der Waals surface area contributed by atoms with Gasteiger partial charge in [-0.25, -0.2) is 0 Å². The van der Waals surface area contributed by atoms with Gasteiger partial charge >= 0.3 is 0 Å². The maximum atomic E-state index is 2.58. The van der Waals surface area contributed by atoms with E-state index < -0.39 is 0 Å². The van der Waals surface area contributed by atoms with Crippen LogP contribution in [0, 0.1) is 0 Å². The molecule has 2 heteroatoms. The van der Waals surface area contributed by atoms with Crippen molar-refractivity contribution in [3.8, 4) is 0 Å². The summed E-state index contributed by atoms with van der Waals surface area (Å²) in [5.74, 6) is 0. The average Bonchev–Trinajstić information content (AvgIpc) is 2.24. The van der Waals surface area contributed by atoms with Crippen LogP contribution in [0.3, 0.4) is 0 Å². The van der Waals surface area contributed by atoms with E-state index in [9.17, 15) is 0 Å². The fourth-order valence-corrected chi connectivity index (χ4v) is 1.56. The minimum atomic E-state index is 0. The molecule has 0 aromatic heterocycles. The van der Waals surface area contributed by atoms with Crippen LogP contribution in [0.25, 0.3) is 0 Å². The molecule has 3 radical (unpaired) electrons. The lowest BCUT2D eigenvalue weighted by atomic mass is 10.0. The molecule has 1 heterocycles. The van der Waals surface area contributed by atoms with E-state index in [0.29, 0.717) is 5.54 Å². The lowest BCUT2D eigenvalue weighted by Crippen LogP contribution is -2.44. The average molecular weight is 212 g/mol. The first kappa shape index (κ1) is 20.4. The monoisotopic (exact) mass is 212 g/mol. The molecule has 0 spiro atoms. The molecule has 0 atom stereocenters. The van der Waals surface area contributed by atoms with Crippen molar-refractivity contribution in [2.75, 3.05) is 13.1 Å². The number of piperidine rings is 1. The predicted molar refractivity (Wildman–Crippen MR) is 73.6 cm³/mol. The van der Waals surface area contributed by atoms with Crippen molar-refractivity contribution in [3.05, 3.63) is 0 Å². The molecule has 1 nitrogen and oxygen atoms in total. The maximum absolute atomic E-state index is 2.58. The largest absolute Gasteiger partial charge is 0.298 e. The van der Waals surface area contributed by atoms with Crippen LogP contribution >= 0.6 is 0 Å². The molecule has 0 N–H and O–H groups in total. The van der Waals surface area contributed by atoms with Gasteiger partial charge in [0.25, 0.3) is 0 Å². The third kappa shape index (κ3) is 10.3. The summed E-state index contributed by atoms with van der Waals surface area (Å²) in [5.41, 5.74) is 0.403. The first-order valence-corrected chi connectivity index (χ1v) is 6.36. The van der Waals surface area contributed by atoms with Gasteiger partial charge in [-0.15, -0.1) is 0 Å². The van der Waals surface area contributed by atoms with Gasteiger partial charge < -0.3 is 0 Å². The van der Waals surface area contributed by atoms with Gasteiger partial charge in [-0.1, -0.05) is 34.1 Å². The summed E-state index contributed by atoms with van der Waals surface area (Å²) in [7, 11) is 0. The van der Waals surface area contributed by atoms with E-state index in [-0.39, 0.29) is 8.41 Å². The molecular formula is C13H31BN. The quantitative estimate of drug-likeness (QED) is 0.549. The Bertz CT molecular complexity index is 102. The molecule has 0 amide bonds. The van der Waals surface area contributed by atoms with E-state index in [2.05, 4.69) is 25.7 Å². The van der Waals surface area contributed by atoms with Gasteiger partial charge in [0.15, 0.2) is 0 Å². The molecule has 0 bridgehead atoms. The molecule has 91 valence electrons. The number of hydrogen-bond acceptors (Lipinski definition) is 1. The topological polar surface area (TPSA) is 3.24 Å². The maximum Gasteiger partial charge on any atom is 0.0125 e. The highest BCUT2D eigenvalue weighted by molar-refractivity contribution is 5.75. The van der Waals surface area contributed by atoms with E-state index in [1.165, 1.54) is 32.4 Å². The Kier molecular flexibility index (Phi) is 16.5. The highest BCUT2D eigenvalue weighted by Gasteiger charge is 2.21.